The number of rotatable bonds is 4. The minimum absolute atomic E-state index is 0.174. The van der Waals surface area contributed by atoms with Gasteiger partial charge in [0.05, 0.1) is 4.90 Å². The van der Waals surface area contributed by atoms with E-state index in [0.29, 0.717) is 22.5 Å². The summed E-state index contributed by atoms with van der Waals surface area (Å²) in [4.78, 5) is 23.7. The molecule has 2 N–H and O–H groups in total. The fourth-order valence-electron chi connectivity index (χ4n) is 2.33. The van der Waals surface area contributed by atoms with Crippen molar-refractivity contribution < 1.29 is 18.0 Å². The number of anilines is 2. The van der Waals surface area contributed by atoms with Crippen molar-refractivity contribution in [1.29, 1.82) is 0 Å². The first-order valence-corrected chi connectivity index (χ1v) is 8.86. The highest BCUT2D eigenvalue weighted by Crippen LogP contribution is 2.29. The smallest absolute Gasteiger partial charge is 0.255 e. The van der Waals surface area contributed by atoms with Crippen molar-refractivity contribution in [2.75, 3.05) is 10.6 Å². The van der Waals surface area contributed by atoms with Gasteiger partial charge in [-0.05, 0) is 54.1 Å². The molecule has 2 aromatic carbocycles. The van der Waals surface area contributed by atoms with E-state index in [4.69, 9.17) is 0 Å². The fraction of sp³-hybridized carbons (Fsp3) is 0. The molecule has 0 unspecified atom stereocenters. The Bertz CT molecular complexity index is 1010. The van der Waals surface area contributed by atoms with Gasteiger partial charge in [0.1, 0.15) is 0 Å². The monoisotopic (exact) mass is 354 g/mol. The number of sulfone groups is 1. The third-order valence-electron chi connectivity index (χ3n) is 3.60. The van der Waals surface area contributed by atoms with E-state index >= 15 is 0 Å². The molecule has 0 spiro atoms. The van der Waals surface area contributed by atoms with Gasteiger partial charge in [-0.15, -0.1) is 0 Å². The van der Waals surface area contributed by atoms with Gasteiger partial charge in [0.2, 0.25) is 15.7 Å². The first-order valence-electron chi connectivity index (χ1n) is 7.31. The molecule has 0 saturated carbocycles. The zero-order valence-corrected chi connectivity index (χ0v) is 13.8. The number of fused-ring (bicyclic) bond motifs is 1. The molecule has 0 aliphatic carbocycles. The molecule has 0 bridgehead atoms. The number of benzene rings is 2. The molecule has 0 atom stereocenters. The lowest BCUT2D eigenvalue weighted by molar-refractivity contribution is -0.111. The SMILES string of the molecule is C=CC(=O)Nc1ccc(C(=O)Nc2ccc3c(c2)S(=O)(=O)C=C3)cc1. The number of hydrogen-bond acceptors (Lipinski definition) is 4. The van der Waals surface area contributed by atoms with Crippen LogP contribution in [0, 0.1) is 0 Å². The number of hydrogen-bond donors (Lipinski definition) is 2. The van der Waals surface area contributed by atoms with Crippen molar-refractivity contribution in [2.45, 2.75) is 4.90 Å². The average Bonchev–Trinajstić information content (AvgIpc) is 2.90. The van der Waals surface area contributed by atoms with Crippen molar-refractivity contribution in [3.63, 3.8) is 0 Å². The summed E-state index contributed by atoms with van der Waals surface area (Å²) >= 11 is 0. The number of nitrogens with one attached hydrogen (secondary N) is 2. The molecule has 1 heterocycles. The zero-order valence-electron chi connectivity index (χ0n) is 13.0. The van der Waals surface area contributed by atoms with Gasteiger partial charge in [-0.2, -0.15) is 0 Å². The summed E-state index contributed by atoms with van der Waals surface area (Å²) in [6.45, 7) is 3.36. The Morgan fingerprint density at radius 1 is 0.960 bits per heavy atom. The Labute approximate surface area is 144 Å². The van der Waals surface area contributed by atoms with E-state index in [2.05, 4.69) is 17.2 Å². The van der Waals surface area contributed by atoms with Crippen LogP contribution < -0.4 is 10.6 Å². The standard InChI is InChI=1S/C18H14N2O4S/c1-2-17(21)19-14-6-4-13(5-7-14)18(22)20-15-8-3-12-9-10-25(23,24)16(12)11-15/h2-11H,1H2,(H,19,21)(H,20,22). The molecule has 25 heavy (non-hydrogen) atoms. The summed E-state index contributed by atoms with van der Waals surface area (Å²) in [6, 6.07) is 11.0. The van der Waals surface area contributed by atoms with Crippen LogP contribution in [-0.2, 0) is 14.6 Å². The van der Waals surface area contributed by atoms with Crippen molar-refractivity contribution in [3.05, 3.63) is 71.7 Å². The highest BCUT2D eigenvalue weighted by atomic mass is 32.2. The molecule has 0 radical (unpaired) electrons. The minimum Gasteiger partial charge on any atom is -0.323 e. The van der Waals surface area contributed by atoms with Crippen LogP contribution in [0.25, 0.3) is 6.08 Å². The van der Waals surface area contributed by atoms with Crippen LogP contribution in [0.5, 0.6) is 0 Å². The van der Waals surface area contributed by atoms with Gasteiger partial charge in [0.15, 0.2) is 0 Å². The summed E-state index contributed by atoms with van der Waals surface area (Å²) in [5, 5.41) is 6.38. The zero-order chi connectivity index (χ0) is 18.0. The van der Waals surface area contributed by atoms with Crippen molar-refractivity contribution in [2.24, 2.45) is 0 Å². The lowest BCUT2D eigenvalue weighted by Crippen LogP contribution is -2.13. The predicted octanol–water partition coefficient (Wildman–Crippen LogP) is 2.82. The van der Waals surface area contributed by atoms with Crippen molar-refractivity contribution in [3.8, 4) is 0 Å². The molecule has 1 aliphatic heterocycles. The summed E-state index contributed by atoms with van der Waals surface area (Å²) < 4.78 is 23.7. The van der Waals surface area contributed by atoms with E-state index in [1.165, 1.54) is 12.1 Å². The molecule has 7 heteroatoms. The number of carbonyl (C=O) groups excluding carboxylic acids is 2. The number of carbonyl (C=O) groups is 2. The van der Waals surface area contributed by atoms with Crippen molar-refractivity contribution in [1.82, 2.24) is 0 Å². The van der Waals surface area contributed by atoms with Gasteiger partial charge in [-0.3, -0.25) is 9.59 Å². The van der Waals surface area contributed by atoms with Crippen molar-refractivity contribution >= 4 is 39.1 Å². The maximum absolute atomic E-state index is 12.3. The molecule has 0 fully saturated rings. The lowest BCUT2D eigenvalue weighted by Gasteiger charge is -2.08. The molecule has 0 saturated heterocycles. The molecule has 2 aromatic rings. The van der Waals surface area contributed by atoms with Crippen LogP contribution in [0.4, 0.5) is 11.4 Å². The Hall–Kier alpha value is -3.19. The van der Waals surface area contributed by atoms with Gasteiger partial charge < -0.3 is 10.6 Å². The maximum Gasteiger partial charge on any atom is 0.255 e. The third-order valence-corrected chi connectivity index (χ3v) is 5.07. The molecular weight excluding hydrogens is 340 g/mol. The van der Waals surface area contributed by atoms with Crippen LogP contribution in [0.15, 0.2) is 65.4 Å². The van der Waals surface area contributed by atoms with E-state index in [9.17, 15) is 18.0 Å². The van der Waals surface area contributed by atoms with Crippen LogP contribution >= 0.6 is 0 Å². The Balaban J connectivity index is 1.75. The third kappa shape index (κ3) is 3.51. The van der Waals surface area contributed by atoms with Crippen LogP contribution in [0.3, 0.4) is 0 Å². The second kappa shape index (κ2) is 6.37. The highest BCUT2D eigenvalue weighted by molar-refractivity contribution is 7.94. The van der Waals surface area contributed by atoms with E-state index in [1.54, 1.807) is 36.4 Å². The molecular formula is C18H14N2O4S. The maximum atomic E-state index is 12.3. The predicted molar refractivity (Wildman–Crippen MR) is 95.9 cm³/mol. The Kier molecular flexibility index (Phi) is 4.24. The van der Waals surface area contributed by atoms with Gasteiger partial charge in [-0.1, -0.05) is 12.6 Å². The molecule has 0 aromatic heterocycles. The largest absolute Gasteiger partial charge is 0.323 e. The fourth-order valence-corrected chi connectivity index (χ4v) is 3.56. The minimum atomic E-state index is -3.43. The van der Waals surface area contributed by atoms with Crippen LogP contribution in [-0.4, -0.2) is 20.2 Å². The molecule has 1 aliphatic rings. The summed E-state index contributed by atoms with van der Waals surface area (Å²) in [5.74, 6) is -0.727. The highest BCUT2D eigenvalue weighted by Gasteiger charge is 2.21. The van der Waals surface area contributed by atoms with Gasteiger partial charge in [0, 0.05) is 22.3 Å². The van der Waals surface area contributed by atoms with E-state index in [1.807, 2.05) is 0 Å². The molecule has 2 amide bonds. The van der Waals surface area contributed by atoms with Gasteiger partial charge in [0.25, 0.3) is 5.91 Å². The normalized spacial score (nSPS) is 13.8. The average molecular weight is 354 g/mol. The van der Waals surface area contributed by atoms with E-state index in [-0.39, 0.29) is 16.7 Å². The summed E-state index contributed by atoms with van der Waals surface area (Å²) in [5.41, 5.74) is 1.90. The first-order chi connectivity index (χ1) is 11.9. The summed E-state index contributed by atoms with van der Waals surface area (Å²) in [6.07, 6.45) is 2.67. The second-order valence-electron chi connectivity index (χ2n) is 5.33. The number of amides is 2. The molecule has 126 valence electrons. The van der Waals surface area contributed by atoms with E-state index in [0.717, 1.165) is 11.5 Å². The lowest BCUT2D eigenvalue weighted by atomic mass is 10.1. The Morgan fingerprint density at radius 3 is 2.32 bits per heavy atom. The molecule has 6 nitrogen and oxygen atoms in total. The van der Waals surface area contributed by atoms with E-state index < -0.39 is 9.84 Å². The Morgan fingerprint density at radius 2 is 1.64 bits per heavy atom. The van der Waals surface area contributed by atoms with Gasteiger partial charge >= 0.3 is 0 Å². The van der Waals surface area contributed by atoms with Crippen LogP contribution in [0.2, 0.25) is 0 Å². The van der Waals surface area contributed by atoms with Gasteiger partial charge in [-0.25, -0.2) is 8.42 Å². The second-order valence-corrected chi connectivity index (χ2v) is 7.13. The quantitative estimate of drug-likeness (QED) is 0.826. The topological polar surface area (TPSA) is 92.3 Å². The summed E-state index contributed by atoms with van der Waals surface area (Å²) in [7, 11) is -3.43. The molecule has 3 rings (SSSR count). The van der Waals surface area contributed by atoms with Crippen LogP contribution in [0.1, 0.15) is 15.9 Å². The first kappa shape index (κ1) is 16.7.